The summed E-state index contributed by atoms with van der Waals surface area (Å²) < 4.78 is 0. The van der Waals surface area contributed by atoms with Gasteiger partial charge in [0.25, 0.3) is 5.69 Å². The molecule has 0 aliphatic rings. The third kappa shape index (κ3) is 1.67. The molecule has 0 aliphatic carbocycles. The number of nitro benzene ring substituents is 1. The lowest BCUT2D eigenvalue weighted by Gasteiger charge is -1.99. The van der Waals surface area contributed by atoms with Crippen molar-refractivity contribution < 1.29 is 4.92 Å². The fourth-order valence-corrected chi connectivity index (χ4v) is 1.18. The minimum absolute atomic E-state index is 0.225. The second kappa shape index (κ2) is 3.43. The predicted molar refractivity (Wildman–Crippen MR) is 53.9 cm³/mol. The quantitative estimate of drug-likeness (QED) is 0.316. The molecule has 0 radical (unpaired) electrons. The predicted octanol–water partition coefficient (Wildman–Crippen LogP) is -1.04. The van der Waals surface area contributed by atoms with Crippen molar-refractivity contribution in [3.8, 4) is 0 Å². The van der Waals surface area contributed by atoms with Crippen LogP contribution in [0.15, 0.2) is 18.2 Å². The summed E-state index contributed by atoms with van der Waals surface area (Å²) in [6.07, 6.45) is 0. The smallest absolute Gasteiger partial charge is 0.258 e. The summed E-state index contributed by atoms with van der Waals surface area (Å²) in [5, 5.41) is 10.5. The Labute approximate surface area is 72.6 Å². The van der Waals surface area contributed by atoms with Gasteiger partial charge in [-0.3, -0.25) is 10.1 Å². The van der Waals surface area contributed by atoms with Crippen LogP contribution >= 0.6 is 0 Å². The van der Waals surface area contributed by atoms with Gasteiger partial charge in [0.05, 0.1) is 4.92 Å². The van der Waals surface area contributed by atoms with Crippen LogP contribution in [-0.4, -0.2) is 20.0 Å². The molecular weight excluding hydrogens is 152 g/mol. The van der Waals surface area contributed by atoms with Crippen molar-refractivity contribution in [1.29, 1.82) is 0 Å². The van der Waals surface area contributed by atoms with Crippen molar-refractivity contribution in [3.63, 3.8) is 0 Å². The maximum absolute atomic E-state index is 10.5. The van der Waals surface area contributed by atoms with E-state index in [9.17, 15) is 10.1 Å². The number of hydrogen-bond donors (Lipinski definition) is 0. The van der Waals surface area contributed by atoms with Gasteiger partial charge in [0.1, 0.15) is 7.85 Å². The molecular formula is C7H9B2NO2. The van der Waals surface area contributed by atoms with E-state index < -0.39 is 0 Å². The largest absolute Gasteiger partial charge is 0.263 e. The maximum Gasteiger partial charge on any atom is 0.263 e. The summed E-state index contributed by atoms with van der Waals surface area (Å²) in [5.74, 6) is 0. The van der Waals surface area contributed by atoms with Crippen LogP contribution in [0.5, 0.6) is 0 Å². The second-order valence-electron chi connectivity index (χ2n) is 2.74. The lowest BCUT2D eigenvalue weighted by Crippen LogP contribution is -2.21. The third-order valence-electron chi connectivity index (χ3n) is 1.81. The highest BCUT2D eigenvalue weighted by atomic mass is 16.6. The second-order valence-corrected chi connectivity index (χ2v) is 2.74. The molecule has 60 valence electrons. The molecule has 0 N–H and O–H groups in total. The summed E-state index contributed by atoms with van der Waals surface area (Å²) in [6.45, 7) is 1.92. The van der Waals surface area contributed by atoms with E-state index in [-0.39, 0.29) is 10.6 Å². The standard InChI is InChI=1S/C7H9B2NO2/c1-9-6-4-5(8)2-3-7(6)10(11)12/h2-4,9H,8H2,1H3. The summed E-state index contributed by atoms with van der Waals surface area (Å²) >= 11 is 0. The van der Waals surface area contributed by atoms with Crippen molar-refractivity contribution in [2.24, 2.45) is 0 Å². The van der Waals surface area contributed by atoms with E-state index in [1.807, 2.05) is 20.7 Å². The summed E-state index contributed by atoms with van der Waals surface area (Å²) in [7, 11) is 2.64. The molecule has 0 fully saturated rings. The number of nitrogens with zero attached hydrogens (tertiary/aromatic N) is 1. The Kier molecular flexibility index (Phi) is 2.53. The molecule has 1 aromatic rings. The molecule has 1 aromatic carbocycles. The van der Waals surface area contributed by atoms with Gasteiger partial charge in [0.2, 0.25) is 0 Å². The Morgan fingerprint density at radius 3 is 2.75 bits per heavy atom. The van der Waals surface area contributed by atoms with Gasteiger partial charge in [-0.25, -0.2) is 0 Å². The van der Waals surface area contributed by atoms with Gasteiger partial charge in [-0.15, -0.1) is 0 Å². The van der Waals surface area contributed by atoms with Gasteiger partial charge in [-0.2, -0.15) is 0 Å². The molecule has 0 saturated heterocycles. The fourth-order valence-electron chi connectivity index (χ4n) is 1.18. The molecule has 0 amide bonds. The molecule has 5 heteroatoms. The minimum Gasteiger partial charge on any atom is -0.258 e. The van der Waals surface area contributed by atoms with E-state index in [4.69, 9.17) is 0 Å². The summed E-state index contributed by atoms with van der Waals surface area (Å²) in [6, 6.07) is 5.18. The number of nitro groups is 1. The van der Waals surface area contributed by atoms with Crippen molar-refractivity contribution in [2.45, 2.75) is 6.82 Å². The summed E-state index contributed by atoms with van der Waals surface area (Å²) in [4.78, 5) is 10.2. The first-order valence-corrected chi connectivity index (χ1v) is 3.89. The van der Waals surface area contributed by atoms with E-state index >= 15 is 0 Å². The van der Waals surface area contributed by atoms with Gasteiger partial charge in [-0.1, -0.05) is 24.4 Å². The van der Waals surface area contributed by atoms with Crippen LogP contribution in [0.25, 0.3) is 0 Å². The van der Waals surface area contributed by atoms with E-state index in [0.717, 1.165) is 10.9 Å². The minimum atomic E-state index is -0.335. The number of rotatable bonds is 2. The molecule has 3 nitrogen and oxygen atoms in total. The molecule has 0 aromatic heterocycles. The zero-order valence-electron chi connectivity index (χ0n) is 7.20. The average molecular weight is 161 g/mol. The topological polar surface area (TPSA) is 43.1 Å². The van der Waals surface area contributed by atoms with E-state index in [1.54, 1.807) is 12.1 Å². The van der Waals surface area contributed by atoms with Crippen LogP contribution < -0.4 is 10.9 Å². The molecule has 0 saturated carbocycles. The normalized spacial score (nSPS) is 9.42. The Morgan fingerprint density at radius 1 is 1.58 bits per heavy atom. The van der Waals surface area contributed by atoms with Crippen molar-refractivity contribution >= 4 is 31.7 Å². The van der Waals surface area contributed by atoms with Crippen LogP contribution in [0.2, 0.25) is 6.82 Å². The highest BCUT2D eigenvalue weighted by Gasteiger charge is 2.10. The highest BCUT2D eigenvalue weighted by molar-refractivity contribution is 6.54. The van der Waals surface area contributed by atoms with Crippen LogP contribution in [0.3, 0.4) is 0 Å². The van der Waals surface area contributed by atoms with Crippen molar-refractivity contribution in [1.82, 2.24) is 0 Å². The number of benzene rings is 1. The molecule has 12 heavy (non-hydrogen) atoms. The zero-order chi connectivity index (χ0) is 9.14. The first-order chi connectivity index (χ1) is 5.65. The Balaban J connectivity index is 3.20. The van der Waals surface area contributed by atoms with Crippen LogP contribution in [-0.2, 0) is 0 Å². The van der Waals surface area contributed by atoms with E-state index in [2.05, 4.69) is 0 Å². The van der Waals surface area contributed by atoms with Crippen LogP contribution in [0.4, 0.5) is 5.69 Å². The Morgan fingerprint density at radius 2 is 2.25 bits per heavy atom. The van der Waals surface area contributed by atoms with Gasteiger partial charge < -0.3 is 0 Å². The summed E-state index contributed by atoms with van der Waals surface area (Å²) in [5.41, 5.74) is 2.10. The molecule has 0 atom stereocenters. The van der Waals surface area contributed by atoms with Gasteiger partial charge in [0.15, 0.2) is 7.28 Å². The molecule has 0 spiro atoms. The van der Waals surface area contributed by atoms with Crippen molar-refractivity contribution in [3.05, 3.63) is 28.3 Å². The van der Waals surface area contributed by atoms with Crippen LogP contribution in [0.1, 0.15) is 0 Å². The molecule has 1 rings (SSSR count). The van der Waals surface area contributed by atoms with E-state index in [1.165, 1.54) is 0 Å². The van der Waals surface area contributed by atoms with Crippen LogP contribution in [0, 0.1) is 10.1 Å². The monoisotopic (exact) mass is 161 g/mol. The maximum atomic E-state index is 10.5. The van der Waals surface area contributed by atoms with Gasteiger partial charge in [-0.05, 0) is 5.46 Å². The zero-order valence-corrected chi connectivity index (χ0v) is 7.20. The molecule has 0 unspecified atom stereocenters. The van der Waals surface area contributed by atoms with Gasteiger partial charge in [0, 0.05) is 6.07 Å². The molecule has 0 aliphatic heterocycles. The van der Waals surface area contributed by atoms with E-state index in [0.29, 0.717) is 7.28 Å². The van der Waals surface area contributed by atoms with Crippen molar-refractivity contribution in [2.75, 3.05) is 0 Å². The Bertz CT molecular complexity index is 314. The first kappa shape index (κ1) is 8.84. The highest BCUT2D eigenvalue weighted by Crippen LogP contribution is 2.03. The molecule has 0 bridgehead atoms. The number of hydrogen-bond acceptors (Lipinski definition) is 2. The lowest BCUT2D eigenvalue weighted by atomic mass is 9.70. The SMILES string of the molecule is Bc1ccc([N+](=O)[O-])c(BC)c1. The molecule has 0 heterocycles. The average Bonchev–Trinajstić information content (AvgIpc) is 2.03. The van der Waals surface area contributed by atoms with Gasteiger partial charge >= 0.3 is 0 Å². The Hall–Kier alpha value is -1.25. The first-order valence-electron chi connectivity index (χ1n) is 3.89. The third-order valence-corrected chi connectivity index (χ3v) is 1.81. The lowest BCUT2D eigenvalue weighted by molar-refractivity contribution is -0.383. The fraction of sp³-hybridized carbons (Fsp3) is 0.143.